The molecule has 0 aliphatic heterocycles. The van der Waals surface area contributed by atoms with Gasteiger partial charge in [0.15, 0.2) is 0 Å². The maximum Gasteiger partial charge on any atom is 0.289 e. The molecule has 1 aliphatic rings. The number of carbonyl (C=O) groups is 1. The van der Waals surface area contributed by atoms with Crippen LogP contribution in [0.5, 0.6) is 0 Å². The van der Waals surface area contributed by atoms with E-state index in [1.807, 2.05) is 66.7 Å². The maximum atomic E-state index is 12.6. The molecule has 1 amide bonds. The van der Waals surface area contributed by atoms with Crippen LogP contribution in [0, 0.1) is 0 Å². The fraction of sp³-hybridized carbons (Fsp3) is 0. The summed E-state index contributed by atoms with van der Waals surface area (Å²) in [5.74, 6) is -0.330. The first-order valence-corrected chi connectivity index (χ1v) is 8.99. The number of aromatic amines is 1. The lowest BCUT2D eigenvalue weighted by Crippen LogP contribution is -2.20. The number of aromatic nitrogens is 2. The Morgan fingerprint density at radius 2 is 1.36 bits per heavy atom. The first-order chi connectivity index (χ1) is 13.8. The minimum absolute atomic E-state index is 0.330. The quantitative estimate of drug-likeness (QED) is 0.470. The molecular formula is C23H16N4O. The molecule has 1 aliphatic carbocycles. The van der Waals surface area contributed by atoms with E-state index in [-0.39, 0.29) is 5.91 Å². The van der Waals surface area contributed by atoms with E-state index in [4.69, 9.17) is 0 Å². The second-order valence-corrected chi connectivity index (χ2v) is 6.53. The van der Waals surface area contributed by atoms with Gasteiger partial charge in [0.05, 0.1) is 11.4 Å². The molecule has 0 spiro atoms. The van der Waals surface area contributed by atoms with Gasteiger partial charge in [0.25, 0.3) is 5.91 Å². The molecule has 5 heteroatoms. The van der Waals surface area contributed by atoms with E-state index in [2.05, 4.69) is 32.9 Å². The zero-order valence-corrected chi connectivity index (χ0v) is 14.9. The van der Waals surface area contributed by atoms with Crippen LogP contribution < -0.4 is 5.43 Å². The minimum atomic E-state index is -0.330. The Kier molecular flexibility index (Phi) is 3.84. The number of amides is 1. The number of carbonyl (C=O) groups excluding carboxylic acids is 1. The summed E-state index contributed by atoms with van der Waals surface area (Å²) in [7, 11) is 0. The fourth-order valence-electron chi connectivity index (χ4n) is 3.48. The van der Waals surface area contributed by atoms with Gasteiger partial charge in [-0.1, -0.05) is 78.9 Å². The van der Waals surface area contributed by atoms with Crippen LogP contribution in [0.1, 0.15) is 21.6 Å². The lowest BCUT2D eigenvalue weighted by atomic mass is 10.1. The number of H-pyrrole nitrogens is 1. The molecule has 0 fully saturated rings. The van der Waals surface area contributed by atoms with Crippen LogP contribution in [0.4, 0.5) is 0 Å². The van der Waals surface area contributed by atoms with Crippen LogP contribution in [0.25, 0.3) is 22.4 Å². The summed E-state index contributed by atoms with van der Waals surface area (Å²) in [6.07, 6.45) is 0. The van der Waals surface area contributed by atoms with Gasteiger partial charge >= 0.3 is 0 Å². The maximum absolute atomic E-state index is 12.6. The van der Waals surface area contributed by atoms with Crippen molar-refractivity contribution < 1.29 is 4.79 Å². The first kappa shape index (κ1) is 16.2. The predicted molar refractivity (Wildman–Crippen MR) is 109 cm³/mol. The van der Waals surface area contributed by atoms with Crippen LogP contribution >= 0.6 is 0 Å². The number of hydrogen-bond donors (Lipinski definition) is 2. The normalized spacial score (nSPS) is 11.6. The summed E-state index contributed by atoms with van der Waals surface area (Å²) in [5, 5.41) is 11.4. The largest absolute Gasteiger partial charge is 0.289 e. The zero-order valence-electron chi connectivity index (χ0n) is 14.9. The first-order valence-electron chi connectivity index (χ1n) is 8.99. The number of nitrogens with one attached hydrogen (secondary N) is 2. The fourth-order valence-corrected chi connectivity index (χ4v) is 3.48. The SMILES string of the molecule is O=C(NN=C1c2ccccc2-c2ccccc21)c1cc(-c2ccccc2)n[nH]1. The molecule has 0 radical (unpaired) electrons. The highest BCUT2D eigenvalue weighted by molar-refractivity contribution is 6.24. The second-order valence-electron chi connectivity index (χ2n) is 6.53. The molecule has 5 nitrogen and oxygen atoms in total. The summed E-state index contributed by atoms with van der Waals surface area (Å²) in [6.45, 7) is 0. The van der Waals surface area contributed by atoms with Crippen molar-refractivity contribution in [3.63, 3.8) is 0 Å². The van der Waals surface area contributed by atoms with Crippen molar-refractivity contribution in [2.45, 2.75) is 0 Å². The number of hydrazone groups is 1. The summed E-state index contributed by atoms with van der Waals surface area (Å²) in [5.41, 5.74) is 9.73. The van der Waals surface area contributed by atoms with E-state index >= 15 is 0 Å². The van der Waals surface area contributed by atoms with Crippen LogP contribution in [-0.4, -0.2) is 21.8 Å². The Bertz CT molecular complexity index is 1160. The zero-order chi connectivity index (χ0) is 18.9. The van der Waals surface area contributed by atoms with E-state index in [0.717, 1.165) is 39.2 Å². The summed E-state index contributed by atoms with van der Waals surface area (Å²) in [4.78, 5) is 12.6. The van der Waals surface area contributed by atoms with E-state index in [1.54, 1.807) is 6.07 Å². The van der Waals surface area contributed by atoms with Gasteiger partial charge in [-0.25, -0.2) is 5.43 Å². The minimum Gasteiger partial charge on any atom is -0.272 e. The summed E-state index contributed by atoms with van der Waals surface area (Å²) in [6, 6.07) is 27.6. The van der Waals surface area contributed by atoms with Gasteiger partial charge in [-0.2, -0.15) is 10.2 Å². The molecule has 5 rings (SSSR count). The highest BCUT2D eigenvalue weighted by atomic mass is 16.2. The van der Waals surface area contributed by atoms with Crippen molar-refractivity contribution in [3.05, 3.63) is 102 Å². The molecule has 0 saturated heterocycles. The van der Waals surface area contributed by atoms with Crippen LogP contribution in [0.3, 0.4) is 0 Å². The Labute approximate surface area is 161 Å². The van der Waals surface area contributed by atoms with Gasteiger partial charge in [-0.15, -0.1) is 0 Å². The van der Waals surface area contributed by atoms with Gasteiger partial charge in [0.1, 0.15) is 5.69 Å². The molecule has 28 heavy (non-hydrogen) atoms. The average Bonchev–Trinajstić information content (AvgIpc) is 3.37. The number of benzene rings is 3. The number of hydrogen-bond acceptors (Lipinski definition) is 3. The van der Waals surface area contributed by atoms with Crippen molar-refractivity contribution >= 4 is 11.6 Å². The molecule has 0 atom stereocenters. The Hall–Kier alpha value is -3.99. The number of nitrogens with zero attached hydrogens (tertiary/aromatic N) is 2. The molecule has 1 heterocycles. The van der Waals surface area contributed by atoms with Crippen LogP contribution in [0.15, 0.2) is 90.0 Å². The van der Waals surface area contributed by atoms with E-state index in [9.17, 15) is 4.79 Å². The molecule has 2 N–H and O–H groups in total. The molecule has 1 aromatic heterocycles. The number of rotatable bonds is 3. The summed E-state index contributed by atoms with van der Waals surface area (Å²) < 4.78 is 0. The molecule has 0 unspecified atom stereocenters. The predicted octanol–water partition coefficient (Wildman–Crippen LogP) is 4.24. The van der Waals surface area contributed by atoms with Crippen molar-refractivity contribution in [1.29, 1.82) is 0 Å². The van der Waals surface area contributed by atoms with Gasteiger partial charge in [-0.3, -0.25) is 9.89 Å². The highest BCUT2D eigenvalue weighted by Crippen LogP contribution is 2.36. The van der Waals surface area contributed by atoms with E-state index < -0.39 is 0 Å². The average molecular weight is 364 g/mol. The van der Waals surface area contributed by atoms with Gasteiger partial charge in [0.2, 0.25) is 0 Å². The lowest BCUT2D eigenvalue weighted by Gasteiger charge is -2.02. The van der Waals surface area contributed by atoms with E-state index in [0.29, 0.717) is 5.69 Å². The van der Waals surface area contributed by atoms with Gasteiger partial charge in [0, 0.05) is 16.7 Å². The third-order valence-corrected chi connectivity index (χ3v) is 4.82. The highest BCUT2D eigenvalue weighted by Gasteiger charge is 2.24. The molecular weight excluding hydrogens is 348 g/mol. The van der Waals surface area contributed by atoms with Crippen molar-refractivity contribution in [1.82, 2.24) is 15.6 Å². The lowest BCUT2D eigenvalue weighted by molar-refractivity contribution is 0.0950. The van der Waals surface area contributed by atoms with Crippen molar-refractivity contribution in [2.24, 2.45) is 5.10 Å². The molecule has 0 bridgehead atoms. The standard InChI is InChI=1S/C23H16N4O/c28-23(21-14-20(24-25-21)15-8-2-1-3-9-15)27-26-22-18-12-6-4-10-16(18)17-11-5-7-13-19(17)22/h1-14H,(H,24,25)(H,27,28). The van der Waals surface area contributed by atoms with Crippen LogP contribution in [-0.2, 0) is 0 Å². The second kappa shape index (κ2) is 6.63. The summed E-state index contributed by atoms with van der Waals surface area (Å²) >= 11 is 0. The number of fused-ring (bicyclic) bond motifs is 3. The Morgan fingerprint density at radius 1 is 0.786 bits per heavy atom. The monoisotopic (exact) mass is 364 g/mol. The Balaban J connectivity index is 1.44. The van der Waals surface area contributed by atoms with Crippen molar-refractivity contribution in [2.75, 3.05) is 0 Å². The molecule has 0 saturated carbocycles. The Morgan fingerprint density at radius 3 is 2.00 bits per heavy atom. The third-order valence-electron chi connectivity index (χ3n) is 4.82. The molecule has 134 valence electrons. The van der Waals surface area contributed by atoms with Crippen LogP contribution in [0.2, 0.25) is 0 Å². The molecule has 4 aromatic rings. The van der Waals surface area contributed by atoms with E-state index in [1.165, 1.54) is 0 Å². The topological polar surface area (TPSA) is 70.1 Å². The smallest absolute Gasteiger partial charge is 0.272 e. The van der Waals surface area contributed by atoms with Gasteiger partial charge < -0.3 is 0 Å². The van der Waals surface area contributed by atoms with Crippen molar-refractivity contribution in [3.8, 4) is 22.4 Å². The van der Waals surface area contributed by atoms with Gasteiger partial charge in [-0.05, 0) is 17.2 Å². The molecule has 3 aromatic carbocycles. The third kappa shape index (κ3) is 2.70.